The summed E-state index contributed by atoms with van der Waals surface area (Å²) in [6, 6.07) is 63.6. The Bertz CT molecular complexity index is 3170. The molecular weight excluding hydrogens is 781 g/mol. The summed E-state index contributed by atoms with van der Waals surface area (Å²) < 4.78 is 9.08. The highest BCUT2D eigenvalue weighted by molar-refractivity contribution is 6.09. The molecule has 318 valence electrons. The van der Waals surface area contributed by atoms with Gasteiger partial charge in [-0.25, -0.2) is 4.98 Å². The van der Waals surface area contributed by atoms with Crippen LogP contribution in [-0.4, -0.2) is 16.2 Å². The minimum absolute atomic E-state index is 0.00870. The topological polar surface area (TPSA) is 33.5 Å². The van der Waals surface area contributed by atoms with Gasteiger partial charge >= 0.3 is 0 Å². The van der Waals surface area contributed by atoms with Gasteiger partial charge in [0.25, 0.3) is 0 Å². The van der Waals surface area contributed by atoms with Crippen LogP contribution in [0.2, 0.25) is 0 Å². The van der Waals surface area contributed by atoms with E-state index in [0.717, 1.165) is 45.1 Å². The summed E-state index contributed by atoms with van der Waals surface area (Å²) in [7, 11) is 0. The third-order valence-electron chi connectivity index (χ3n) is 13.1. The summed E-state index contributed by atoms with van der Waals surface area (Å²) in [5.41, 5.74) is 14.0. The van der Waals surface area contributed by atoms with Gasteiger partial charge in [0.1, 0.15) is 24.0 Å². The van der Waals surface area contributed by atoms with Gasteiger partial charge < -0.3 is 14.5 Å². The molecule has 0 N–H and O–H groups in total. The molecule has 9 aromatic rings. The van der Waals surface area contributed by atoms with E-state index in [1.807, 2.05) is 6.20 Å². The van der Waals surface area contributed by atoms with E-state index in [1.54, 1.807) is 0 Å². The van der Waals surface area contributed by atoms with Crippen LogP contribution in [0, 0.1) is 0 Å². The largest absolute Gasteiger partial charge is 0.457 e. The Hall–Kier alpha value is -7.11. The molecule has 0 radical (unpaired) electrons. The predicted molar refractivity (Wildman–Crippen MR) is 269 cm³/mol. The quantitative estimate of drug-likeness (QED) is 0.153. The van der Waals surface area contributed by atoms with E-state index in [4.69, 9.17) is 9.72 Å². The predicted octanol–water partition coefficient (Wildman–Crippen LogP) is 15.8. The molecular formula is C59H56N4O. The molecule has 0 spiro atoms. The Balaban J connectivity index is 1.05. The molecule has 1 aliphatic heterocycles. The number of fused-ring (bicyclic) bond motifs is 4. The van der Waals surface area contributed by atoms with Gasteiger partial charge in [-0.3, -0.25) is 4.57 Å². The maximum absolute atomic E-state index is 6.81. The van der Waals surface area contributed by atoms with Crippen molar-refractivity contribution in [1.82, 2.24) is 9.55 Å². The second-order valence-corrected chi connectivity index (χ2v) is 19.9. The van der Waals surface area contributed by atoms with Crippen molar-refractivity contribution in [2.24, 2.45) is 0 Å². The average molecular weight is 837 g/mol. The summed E-state index contributed by atoms with van der Waals surface area (Å²) >= 11 is 0. The fourth-order valence-corrected chi connectivity index (χ4v) is 9.23. The molecule has 0 atom stereocenters. The van der Waals surface area contributed by atoms with Crippen molar-refractivity contribution in [1.29, 1.82) is 0 Å². The van der Waals surface area contributed by atoms with Crippen LogP contribution in [0.4, 0.5) is 22.7 Å². The molecule has 0 fully saturated rings. The van der Waals surface area contributed by atoms with E-state index in [-0.39, 0.29) is 16.2 Å². The normalized spacial score (nSPS) is 13.2. The molecule has 10 rings (SSSR count). The second kappa shape index (κ2) is 15.6. The van der Waals surface area contributed by atoms with Gasteiger partial charge in [0.15, 0.2) is 0 Å². The SMILES string of the molecule is CC(C)(C)c1cc(-c2ccccc2)cc(N2CN(c3cccc(Oc4ccc5c6ccccc6n(-c6cc(C(C)(C)C)ccn6)c5c4)c3)c3ccc(C(C)(C)c4ccccc4)cc32)c1. The molecule has 0 aliphatic carbocycles. The van der Waals surface area contributed by atoms with Crippen LogP contribution in [0.3, 0.4) is 0 Å². The summed E-state index contributed by atoms with van der Waals surface area (Å²) in [5, 5.41) is 2.35. The lowest BCUT2D eigenvalue weighted by atomic mass is 9.78. The van der Waals surface area contributed by atoms with Gasteiger partial charge in [0.2, 0.25) is 0 Å². The number of aromatic nitrogens is 2. The maximum Gasteiger partial charge on any atom is 0.137 e. The molecule has 5 nitrogen and oxygen atoms in total. The number of pyridine rings is 1. The van der Waals surface area contributed by atoms with Crippen molar-refractivity contribution < 1.29 is 4.74 Å². The zero-order valence-corrected chi connectivity index (χ0v) is 38.2. The van der Waals surface area contributed by atoms with E-state index in [1.165, 1.54) is 50.1 Å². The zero-order valence-electron chi connectivity index (χ0n) is 38.2. The number of para-hydroxylation sites is 1. The number of anilines is 4. The number of ether oxygens (including phenoxy) is 1. The van der Waals surface area contributed by atoms with E-state index in [9.17, 15) is 0 Å². The van der Waals surface area contributed by atoms with Crippen molar-refractivity contribution >= 4 is 44.6 Å². The van der Waals surface area contributed by atoms with E-state index in [2.05, 4.69) is 246 Å². The summed E-state index contributed by atoms with van der Waals surface area (Å²) in [5.74, 6) is 2.44. The summed E-state index contributed by atoms with van der Waals surface area (Å²) in [6.45, 7) is 18.9. The van der Waals surface area contributed by atoms with Crippen molar-refractivity contribution in [3.63, 3.8) is 0 Å². The molecule has 64 heavy (non-hydrogen) atoms. The highest BCUT2D eigenvalue weighted by Gasteiger charge is 2.33. The second-order valence-electron chi connectivity index (χ2n) is 19.9. The number of nitrogens with zero attached hydrogens (tertiary/aromatic N) is 4. The Morgan fingerprint density at radius 2 is 1.12 bits per heavy atom. The van der Waals surface area contributed by atoms with Gasteiger partial charge in [-0.2, -0.15) is 0 Å². The van der Waals surface area contributed by atoms with Gasteiger partial charge in [-0.05, 0) is 111 Å². The molecule has 1 aliphatic rings. The molecule has 3 heterocycles. The maximum atomic E-state index is 6.81. The van der Waals surface area contributed by atoms with Crippen LogP contribution in [0.25, 0.3) is 38.8 Å². The van der Waals surface area contributed by atoms with Crippen molar-refractivity contribution in [2.75, 3.05) is 16.5 Å². The molecule has 0 amide bonds. The van der Waals surface area contributed by atoms with Crippen LogP contribution >= 0.6 is 0 Å². The Morgan fingerprint density at radius 1 is 0.438 bits per heavy atom. The third kappa shape index (κ3) is 7.49. The van der Waals surface area contributed by atoms with Crippen molar-refractivity contribution in [2.45, 2.75) is 71.6 Å². The molecule has 2 aromatic heterocycles. The minimum atomic E-state index is -0.205. The first-order valence-electron chi connectivity index (χ1n) is 22.5. The first-order valence-corrected chi connectivity index (χ1v) is 22.5. The van der Waals surface area contributed by atoms with E-state index in [0.29, 0.717) is 6.67 Å². The lowest BCUT2D eigenvalue weighted by molar-refractivity contribution is 0.483. The highest BCUT2D eigenvalue weighted by Crippen LogP contribution is 2.49. The summed E-state index contributed by atoms with van der Waals surface area (Å²) in [4.78, 5) is 9.80. The molecule has 0 saturated carbocycles. The van der Waals surface area contributed by atoms with Crippen LogP contribution in [0.5, 0.6) is 11.5 Å². The average Bonchev–Trinajstić information content (AvgIpc) is 3.85. The number of hydrogen-bond donors (Lipinski definition) is 0. The Kier molecular flexibility index (Phi) is 9.98. The zero-order chi connectivity index (χ0) is 44.4. The Labute approximate surface area is 378 Å². The minimum Gasteiger partial charge on any atom is -0.457 e. The van der Waals surface area contributed by atoms with Gasteiger partial charge in [-0.15, -0.1) is 0 Å². The smallest absolute Gasteiger partial charge is 0.137 e. The van der Waals surface area contributed by atoms with E-state index < -0.39 is 0 Å². The summed E-state index contributed by atoms with van der Waals surface area (Å²) in [6.07, 6.45) is 1.93. The molecule has 0 bridgehead atoms. The lowest BCUT2D eigenvalue weighted by Crippen LogP contribution is -2.24. The van der Waals surface area contributed by atoms with Crippen LogP contribution in [0.15, 0.2) is 182 Å². The fourth-order valence-electron chi connectivity index (χ4n) is 9.23. The van der Waals surface area contributed by atoms with Crippen LogP contribution in [0.1, 0.15) is 77.6 Å². The first-order chi connectivity index (χ1) is 30.7. The van der Waals surface area contributed by atoms with Crippen molar-refractivity contribution in [3.05, 3.63) is 204 Å². The first kappa shape index (κ1) is 40.9. The number of benzene rings is 7. The van der Waals surface area contributed by atoms with Gasteiger partial charge in [0.05, 0.1) is 22.4 Å². The number of rotatable bonds is 8. The van der Waals surface area contributed by atoms with Crippen LogP contribution < -0.4 is 14.5 Å². The molecule has 5 heteroatoms. The highest BCUT2D eigenvalue weighted by atomic mass is 16.5. The van der Waals surface area contributed by atoms with Crippen LogP contribution in [-0.2, 0) is 16.2 Å². The molecule has 0 unspecified atom stereocenters. The Morgan fingerprint density at radius 3 is 1.89 bits per heavy atom. The van der Waals surface area contributed by atoms with Crippen molar-refractivity contribution in [3.8, 4) is 28.4 Å². The van der Waals surface area contributed by atoms with Gasteiger partial charge in [-0.1, -0.05) is 152 Å². The van der Waals surface area contributed by atoms with E-state index >= 15 is 0 Å². The van der Waals surface area contributed by atoms with Gasteiger partial charge in [0, 0.05) is 45.9 Å². The molecule has 0 saturated heterocycles. The monoisotopic (exact) mass is 836 g/mol. The fraction of sp³-hybridized carbons (Fsp3) is 0.203. The standard InChI is InChI=1S/C59H56N4O/c1-57(2,3)43-30-31-60-56(36-43)63-52-25-16-15-24-50(52)51-28-27-49(38-54(51)63)64-48-23-17-22-46(37-48)61-39-62(47-33-41(40-18-11-9-12-19-40)32-45(34-47)58(4,5)6)55-35-44(26-29-53(55)61)59(7,8)42-20-13-10-14-21-42/h9-38H,39H2,1-8H3. The lowest BCUT2D eigenvalue weighted by Gasteiger charge is -2.28. The molecule has 7 aromatic carbocycles. The third-order valence-corrected chi connectivity index (χ3v) is 13.1. The number of hydrogen-bond acceptors (Lipinski definition) is 4.